The van der Waals surface area contributed by atoms with Crippen molar-refractivity contribution >= 4 is 23.6 Å². The van der Waals surface area contributed by atoms with Gasteiger partial charge in [0, 0.05) is 25.3 Å². The zero-order valence-corrected chi connectivity index (χ0v) is 12.7. The Balaban J connectivity index is 1.84. The van der Waals surface area contributed by atoms with Gasteiger partial charge >= 0.3 is 12.0 Å². The quantitative estimate of drug-likeness (QED) is 0.825. The molecule has 0 spiro atoms. The number of hydrogen-bond donors (Lipinski definition) is 2. The summed E-state index contributed by atoms with van der Waals surface area (Å²) in [6.45, 7) is 0.997. The number of anilines is 1. The molecule has 0 radical (unpaired) electrons. The van der Waals surface area contributed by atoms with Gasteiger partial charge in [-0.15, -0.1) is 0 Å². The first-order valence-electron chi connectivity index (χ1n) is 7.46. The Hall–Kier alpha value is -2.68. The van der Waals surface area contributed by atoms with Gasteiger partial charge in [-0.05, 0) is 18.2 Å². The number of carbonyl (C=O) groups is 3. The van der Waals surface area contributed by atoms with E-state index in [4.69, 9.17) is 9.84 Å². The molecule has 2 N–H and O–H groups in total. The molecular weight excluding hydrogens is 321 g/mol. The zero-order chi connectivity index (χ0) is 17.3. The summed E-state index contributed by atoms with van der Waals surface area (Å²) in [4.78, 5) is 37.9. The number of urea groups is 1. The van der Waals surface area contributed by atoms with Crippen molar-refractivity contribution in [1.29, 1.82) is 0 Å². The van der Waals surface area contributed by atoms with Crippen LogP contribution in [0.1, 0.15) is 10.4 Å². The number of nitrogens with zero attached hydrogens (tertiary/aromatic N) is 2. The van der Waals surface area contributed by atoms with Crippen LogP contribution in [0.4, 0.5) is 14.9 Å². The summed E-state index contributed by atoms with van der Waals surface area (Å²) in [5, 5.41) is 11.6. The lowest BCUT2D eigenvalue weighted by atomic mass is 10.1. The fourth-order valence-corrected chi connectivity index (χ4v) is 2.72. The molecule has 2 aliphatic heterocycles. The first kappa shape index (κ1) is 16.2. The van der Waals surface area contributed by atoms with E-state index in [-0.39, 0.29) is 31.3 Å². The maximum Gasteiger partial charge on any atom is 0.334 e. The van der Waals surface area contributed by atoms with Crippen molar-refractivity contribution in [2.45, 2.75) is 6.10 Å². The minimum absolute atomic E-state index is 0.0680. The standard InChI is InChI=1S/C15H16FN3O5/c16-11-2-1-9(19-4-3-17-15(19)23)7-10(11)13(20)18-5-6-24-12(8-18)14(21)22/h1-2,7,12H,3-6,8H2,(H,17,23)(H,21,22)/t12-/m1/s1. The monoisotopic (exact) mass is 337 g/mol. The molecule has 9 heteroatoms. The Morgan fingerprint density at radius 3 is 2.79 bits per heavy atom. The lowest BCUT2D eigenvalue weighted by Crippen LogP contribution is -2.48. The molecule has 1 aromatic rings. The first-order valence-corrected chi connectivity index (χ1v) is 7.46. The summed E-state index contributed by atoms with van der Waals surface area (Å²) >= 11 is 0. The molecule has 128 valence electrons. The summed E-state index contributed by atoms with van der Waals surface area (Å²) < 4.78 is 19.2. The maximum atomic E-state index is 14.1. The van der Waals surface area contributed by atoms with Crippen LogP contribution in [0.25, 0.3) is 0 Å². The van der Waals surface area contributed by atoms with Crippen LogP contribution in [0.3, 0.4) is 0 Å². The number of nitrogens with one attached hydrogen (secondary N) is 1. The zero-order valence-electron chi connectivity index (χ0n) is 12.7. The number of carbonyl (C=O) groups excluding carboxylic acids is 2. The summed E-state index contributed by atoms with van der Waals surface area (Å²) in [6.07, 6.45) is -1.13. The summed E-state index contributed by atoms with van der Waals surface area (Å²) in [7, 11) is 0. The molecule has 24 heavy (non-hydrogen) atoms. The van der Waals surface area contributed by atoms with Crippen molar-refractivity contribution in [3.8, 4) is 0 Å². The van der Waals surface area contributed by atoms with E-state index in [1.165, 1.54) is 21.9 Å². The number of aliphatic carboxylic acids is 1. The third-order valence-corrected chi connectivity index (χ3v) is 3.98. The molecule has 8 nitrogen and oxygen atoms in total. The van der Waals surface area contributed by atoms with Crippen LogP contribution in [0.5, 0.6) is 0 Å². The van der Waals surface area contributed by atoms with Gasteiger partial charge in [-0.3, -0.25) is 9.69 Å². The minimum atomic E-state index is -1.17. The second-order valence-corrected chi connectivity index (χ2v) is 5.50. The van der Waals surface area contributed by atoms with Crippen molar-refractivity contribution < 1.29 is 28.6 Å². The van der Waals surface area contributed by atoms with Crippen LogP contribution in [0, 0.1) is 5.82 Å². The number of carboxylic acids is 1. The van der Waals surface area contributed by atoms with E-state index in [2.05, 4.69) is 5.32 Å². The van der Waals surface area contributed by atoms with E-state index in [0.717, 1.165) is 6.07 Å². The van der Waals surface area contributed by atoms with Crippen molar-refractivity contribution in [2.75, 3.05) is 37.7 Å². The maximum absolute atomic E-state index is 14.1. The second-order valence-electron chi connectivity index (χ2n) is 5.50. The third kappa shape index (κ3) is 3.02. The molecule has 0 unspecified atom stereocenters. The number of carboxylic acid groups (broad SMARTS) is 1. The van der Waals surface area contributed by atoms with Crippen molar-refractivity contribution in [3.05, 3.63) is 29.6 Å². The number of morpholine rings is 1. The van der Waals surface area contributed by atoms with E-state index in [1.807, 2.05) is 0 Å². The van der Waals surface area contributed by atoms with E-state index < -0.39 is 23.8 Å². The van der Waals surface area contributed by atoms with Gasteiger partial charge in [-0.25, -0.2) is 14.0 Å². The molecule has 3 amide bonds. The lowest BCUT2D eigenvalue weighted by molar-refractivity contribution is -0.154. The highest BCUT2D eigenvalue weighted by Crippen LogP contribution is 2.22. The van der Waals surface area contributed by atoms with E-state index in [9.17, 15) is 18.8 Å². The molecule has 1 aromatic carbocycles. The van der Waals surface area contributed by atoms with Crippen LogP contribution in [0.2, 0.25) is 0 Å². The summed E-state index contributed by atoms with van der Waals surface area (Å²) in [5.74, 6) is -2.51. The summed E-state index contributed by atoms with van der Waals surface area (Å²) in [6, 6.07) is 3.56. The minimum Gasteiger partial charge on any atom is -0.479 e. The average Bonchev–Trinajstić information content (AvgIpc) is 3.01. The topological polar surface area (TPSA) is 99.2 Å². The van der Waals surface area contributed by atoms with Crippen molar-refractivity contribution in [3.63, 3.8) is 0 Å². The van der Waals surface area contributed by atoms with Gasteiger partial charge in [0.15, 0.2) is 6.10 Å². The lowest BCUT2D eigenvalue weighted by Gasteiger charge is -2.31. The second kappa shape index (κ2) is 6.44. The third-order valence-electron chi connectivity index (χ3n) is 3.98. The molecule has 0 aromatic heterocycles. The highest BCUT2D eigenvalue weighted by Gasteiger charge is 2.31. The van der Waals surface area contributed by atoms with Crippen molar-refractivity contribution in [2.24, 2.45) is 0 Å². The van der Waals surface area contributed by atoms with Gasteiger partial charge in [-0.2, -0.15) is 0 Å². The van der Waals surface area contributed by atoms with Crippen LogP contribution in [-0.4, -0.2) is 66.8 Å². The van der Waals surface area contributed by atoms with Gasteiger partial charge in [0.2, 0.25) is 0 Å². The molecular formula is C15H16FN3O5. The molecule has 2 fully saturated rings. The van der Waals surface area contributed by atoms with Crippen molar-refractivity contribution in [1.82, 2.24) is 10.2 Å². The van der Waals surface area contributed by atoms with Crippen LogP contribution in [0.15, 0.2) is 18.2 Å². The molecule has 2 saturated heterocycles. The summed E-state index contributed by atoms with van der Waals surface area (Å²) in [5.41, 5.74) is 0.219. The number of amides is 3. The fraction of sp³-hybridized carbons (Fsp3) is 0.400. The number of rotatable bonds is 3. The predicted octanol–water partition coefficient (Wildman–Crippen LogP) is 0.281. The van der Waals surface area contributed by atoms with Gasteiger partial charge in [0.05, 0.1) is 18.7 Å². The highest BCUT2D eigenvalue weighted by molar-refractivity contribution is 5.99. The number of ether oxygens (including phenoxy) is 1. The van der Waals surface area contributed by atoms with Crippen LogP contribution >= 0.6 is 0 Å². The SMILES string of the molecule is O=C(O)[C@H]1CN(C(=O)c2cc(N3CCNC3=O)ccc2F)CCO1. The fourth-order valence-electron chi connectivity index (χ4n) is 2.72. The normalized spacial score (nSPS) is 20.9. The number of hydrogen-bond acceptors (Lipinski definition) is 4. The van der Waals surface area contributed by atoms with Crippen LogP contribution < -0.4 is 10.2 Å². The van der Waals surface area contributed by atoms with E-state index in [0.29, 0.717) is 18.8 Å². The van der Waals surface area contributed by atoms with Gasteiger partial charge in [0.1, 0.15) is 5.82 Å². The van der Waals surface area contributed by atoms with E-state index in [1.54, 1.807) is 0 Å². The van der Waals surface area contributed by atoms with Crippen LogP contribution in [-0.2, 0) is 9.53 Å². The first-order chi connectivity index (χ1) is 11.5. The Morgan fingerprint density at radius 1 is 1.33 bits per heavy atom. The van der Waals surface area contributed by atoms with Gasteiger partial charge < -0.3 is 20.1 Å². The molecule has 1 atom stereocenters. The molecule has 3 rings (SSSR count). The smallest absolute Gasteiger partial charge is 0.334 e. The predicted molar refractivity (Wildman–Crippen MR) is 80.4 cm³/mol. The highest BCUT2D eigenvalue weighted by atomic mass is 19.1. The largest absolute Gasteiger partial charge is 0.479 e. The Bertz CT molecular complexity index is 696. The molecule has 2 aliphatic rings. The Labute approximate surface area is 136 Å². The van der Waals surface area contributed by atoms with Gasteiger partial charge in [0.25, 0.3) is 5.91 Å². The molecule has 2 heterocycles. The Kier molecular flexibility index (Phi) is 4.34. The van der Waals surface area contributed by atoms with Gasteiger partial charge in [-0.1, -0.05) is 0 Å². The molecule has 0 aliphatic carbocycles. The van der Waals surface area contributed by atoms with E-state index >= 15 is 0 Å². The molecule has 0 bridgehead atoms. The molecule has 0 saturated carbocycles. The number of halogens is 1. The Morgan fingerprint density at radius 2 is 2.12 bits per heavy atom. The number of benzene rings is 1. The average molecular weight is 337 g/mol.